The Bertz CT molecular complexity index is 728. The molecule has 112 valence electrons. The third-order valence-corrected chi connectivity index (χ3v) is 4.85. The van der Waals surface area contributed by atoms with Crippen molar-refractivity contribution in [3.05, 3.63) is 57.3 Å². The van der Waals surface area contributed by atoms with Crippen molar-refractivity contribution in [1.29, 1.82) is 0 Å². The van der Waals surface area contributed by atoms with Crippen LogP contribution in [0.25, 0.3) is 0 Å². The van der Waals surface area contributed by atoms with Crippen LogP contribution in [0.1, 0.15) is 18.7 Å². The molecular weight excluding hydrogens is 355 g/mol. The van der Waals surface area contributed by atoms with Crippen LogP contribution in [0.4, 0.5) is 0 Å². The highest BCUT2D eigenvalue weighted by molar-refractivity contribution is 7.89. The van der Waals surface area contributed by atoms with E-state index in [1.807, 2.05) is 0 Å². The zero-order valence-electron chi connectivity index (χ0n) is 10.8. The normalized spacial score (nSPS) is 13.1. The number of pyridine rings is 1. The number of rotatable bonds is 4. The van der Waals surface area contributed by atoms with Gasteiger partial charge in [0.05, 0.1) is 21.7 Å². The molecule has 0 spiro atoms. The van der Waals surface area contributed by atoms with Crippen LogP contribution in [0.15, 0.2) is 41.4 Å². The summed E-state index contributed by atoms with van der Waals surface area (Å²) in [4.78, 5) is 4.08. The first-order chi connectivity index (χ1) is 9.78. The van der Waals surface area contributed by atoms with Gasteiger partial charge in [0.2, 0.25) is 10.0 Å². The van der Waals surface area contributed by atoms with E-state index in [9.17, 15) is 8.42 Å². The van der Waals surface area contributed by atoms with Gasteiger partial charge in [0.25, 0.3) is 0 Å². The Kier molecular flexibility index (Phi) is 5.11. The molecule has 1 heterocycles. The molecule has 0 bridgehead atoms. The fraction of sp³-hybridized carbons (Fsp3) is 0.154. The average Bonchev–Trinajstić information content (AvgIpc) is 2.37. The predicted molar refractivity (Wildman–Crippen MR) is 84.4 cm³/mol. The summed E-state index contributed by atoms with van der Waals surface area (Å²) >= 11 is 17.4. The minimum atomic E-state index is -3.75. The number of nitrogens with one attached hydrogen (secondary N) is 1. The molecule has 4 nitrogen and oxygen atoms in total. The maximum atomic E-state index is 12.3. The molecule has 0 aliphatic rings. The zero-order valence-corrected chi connectivity index (χ0v) is 13.9. The lowest BCUT2D eigenvalue weighted by Crippen LogP contribution is -2.27. The molecule has 1 atom stereocenters. The third kappa shape index (κ3) is 4.31. The van der Waals surface area contributed by atoms with Crippen LogP contribution in [0.5, 0.6) is 0 Å². The molecule has 21 heavy (non-hydrogen) atoms. The van der Waals surface area contributed by atoms with E-state index in [2.05, 4.69) is 9.71 Å². The summed E-state index contributed by atoms with van der Waals surface area (Å²) in [7, 11) is -3.75. The topological polar surface area (TPSA) is 59.1 Å². The minimum absolute atomic E-state index is 0.000753. The number of hydrogen-bond acceptors (Lipinski definition) is 3. The van der Waals surface area contributed by atoms with E-state index >= 15 is 0 Å². The second kappa shape index (κ2) is 6.50. The van der Waals surface area contributed by atoms with Crippen molar-refractivity contribution in [2.45, 2.75) is 17.9 Å². The highest BCUT2D eigenvalue weighted by Crippen LogP contribution is 2.23. The van der Waals surface area contributed by atoms with Crippen molar-refractivity contribution in [3.63, 3.8) is 0 Å². The second-order valence-electron chi connectivity index (χ2n) is 4.35. The van der Waals surface area contributed by atoms with E-state index in [1.165, 1.54) is 24.4 Å². The summed E-state index contributed by atoms with van der Waals surface area (Å²) in [5, 5.41) is 0.982. The van der Waals surface area contributed by atoms with E-state index in [0.717, 1.165) is 0 Å². The molecular formula is C13H11Cl3N2O2S. The lowest BCUT2D eigenvalue weighted by atomic mass is 10.2. The average molecular weight is 366 g/mol. The minimum Gasteiger partial charge on any atom is -0.258 e. The van der Waals surface area contributed by atoms with E-state index in [1.54, 1.807) is 19.1 Å². The number of sulfonamides is 1. The van der Waals surface area contributed by atoms with Gasteiger partial charge < -0.3 is 0 Å². The van der Waals surface area contributed by atoms with Crippen molar-refractivity contribution in [3.8, 4) is 0 Å². The Morgan fingerprint density at radius 2 is 1.67 bits per heavy atom. The van der Waals surface area contributed by atoms with E-state index in [-0.39, 0.29) is 14.9 Å². The molecule has 1 aromatic heterocycles. The molecule has 0 fully saturated rings. The molecule has 0 radical (unpaired) electrons. The van der Waals surface area contributed by atoms with Gasteiger partial charge in [0.1, 0.15) is 0 Å². The van der Waals surface area contributed by atoms with Crippen LogP contribution in [-0.4, -0.2) is 13.4 Å². The smallest absolute Gasteiger partial charge is 0.241 e. The zero-order chi connectivity index (χ0) is 15.6. The van der Waals surface area contributed by atoms with Crippen molar-refractivity contribution in [2.75, 3.05) is 0 Å². The number of halogens is 3. The van der Waals surface area contributed by atoms with Crippen LogP contribution < -0.4 is 4.72 Å². The molecule has 1 aromatic carbocycles. The van der Waals surface area contributed by atoms with Crippen molar-refractivity contribution < 1.29 is 8.42 Å². The summed E-state index contributed by atoms with van der Waals surface area (Å²) in [5.41, 5.74) is 0.552. The van der Waals surface area contributed by atoms with Crippen molar-refractivity contribution in [1.82, 2.24) is 9.71 Å². The number of aromatic nitrogens is 1. The summed E-state index contributed by atoms with van der Waals surface area (Å²) < 4.78 is 27.1. The molecule has 0 aliphatic carbocycles. The van der Waals surface area contributed by atoms with E-state index in [4.69, 9.17) is 34.8 Å². The first-order valence-corrected chi connectivity index (χ1v) is 8.49. The third-order valence-electron chi connectivity index (χ3n) is 2.67. The van der Waals surface area contributed by atoms with Gasteiger partial charge in [0.15, 0.2) is 0 Å². The van der Waals surface area contributed by atoms with Crippen LogP contribution in [0.2, 0.25) is 15.1 Å². The number of hydrogen-bond donors (Lipinski definition) is 1. The first kappa shape index (κ1) is 16.5. The molecule has 0 unspecified atom stereocenters. The second-order valence-corrected chi connectivity index (χ2v) is 7.37. The number of benzene rings is 1. The predicted octanol–water partition coefficient (Wildman–Crippen LogP) is 4.08. The summed E-state index contributed by atoms with van der Waals surface area (Å²) in [6, 6.07) is 6.90. The monoisotopic (exact) mass is 364 g/mol. The van der Waals surface area contributed by atoms with Crippen molar-refractivity contribution >= 4 is 44.8 Å². The quantitative estimate of drug-likeness (QED) is 0.888. The Balaban J connectivity index is 2.26. The van der Waals surface area contributed by atoms with Gasteiger partial charge in [-0.2, -0.15) is 0 Å². The van der Waals surface area contributed by atoms with Crippen LogP contribution in [0, 0.1) is 0 Å². The lowest BCUT2D eigenvalue weighted by Gasteiger charge is -2.14. The van der Waals surface area contributed by atoms with Gasteiger partial charge in [-0.05, 0) is 37.3 Å². The maximum Gasteiger partial charge on any atom is 0.241 e. The standard InChI is InChI=1S/C13H11Cl3N2O2S/c1-8(13-3-2-9(14)7-17-13)18-21(19,20)12-5-10(15)4-11(16)6-12/h2-8,18H,1H3/t8-/m1/s1. The fourth-order valence-electron chi connectivity index (χ4n) is 1.69. The summed E-state index contributed by atoms with van der Waals surface area (Å²) in [6.45, 7) is 1.68. The van der Waals surface area contributed by atoms with Crippen molar-refractivity contribution in [2.24, 2.45) is 0 Å². The molecule has 0 amide bonds. The molecule has 0 saturated heterocycles. The fourth-order valence-corrected chi connectivity index (χ4v) is 3.74. The Morgan fingerprint density at radius 3 is 2.19 bits per heavy atom. The Morgan fingerprint density at radius 1 is 1.05 bits per heavy atom. The van der Waals surface area contributed by atoms with Gasteiger partial charge >= 0.3 is 0 Å². The first-order valence-electron chi connectivity index (χ1n) is 5.88. The SMILES string of the molecule is C[C@@H](NS(=O)(=O)c1cc(Cl)cc(Cl)c1)c1ccc(Cl)cn1. The molecule has 8 heteroatoms. The van der Waals surface area contributed by atoms with Gasteiger partial charge in [-0.15, -0.1) is 0 Å². The number of nitrogens with zero attached hydrogens (tertiary/aromatic N) is 1. The highest BCUT2D eigenvalue weighted by Gasteiger charge is 2.20. The van der Waals surface area contributed by atoms with Crippen LogP contribution >= 0.6 is 34.8 Å². The van der Waals surface area contributed by atoms with Gasteiger partial charge in [-0.1, -0.05) is 34.8 Å². The van der Waals surface area contributed by atoms with E-state index in [0.29, 0.717) is 10.7 Å². The molecule has 1 N–H and O–H groups in total. The molecule has 0 saturated carbocycles. The maximum absolute atomic E-state index is 12.3. The molecule has 2 aromatic rings. The van der Waals surface area contributed by atoms with Gasteiger partial charge in [-0.3, -0.25) is 4.98 Å². The molecule has 2 rings (SSSR count). The molecule has 0 aliphatic heterocycles. The van der Waals surface area contributed by atoms with Gasteiger partial charge in [-0.25, -0.2) is 13.1 Å². The highest BCUT2D eigenvalue weighted by atomic mass is 35.5. The summed E-state index contributed by atoms with van der Waals surface area (Å²) in [6.07, 6.45) is 1.46. The Hall–Kier alpha value is -0.850. The summed E-state index contributed by atoms with van der Waals surface area (Å²) in [5.74, 6) is 0. The van der Waals surface area contributed by atoms with E-state index < -0.39 is 16.1 Å². The lowest BCUT2D eigenvalue weighted by molar-refractivity contribution is 0.564. The van der Waals surface area contributed by atoms with Crippen LogP contribution in [0.3, 0.4) is 0 Å². The van der Waals surface area contributed by atoms with Crippen LogP contribution in [-0.2, 0) is 10.0 Å². The van der Waals surface area contributed by atoms with Gasteiger partial charge in [0, 0.05) is 16.2 Å². The largest absolute Gasteiger partial charge is 0.258 e. The Labute approximate surface area is 138 Å².